The molecule has 0 N–H and O–H groups in total. The van der Waals surface area contributed by atoms with Crippen molar-refractivity contribution in [1.82, 2.24) is 0 Å². The van der Waals surface area contributed by atoms with Crippen molar-refractivity contribution >= 4 is 18.6 Å². The number of aryl methyl sites for hydroxylation is 3. The van der Waals surface area contributed by atoms with E-state index in [0.717, 1.165) is 16.7 Å². The Morgan fingerprint density at radius 2 is 1.50 bits per heavy atom. The molecule has 0 heterocycles. The molecule has 0 aliphatic rings. The van der Waals surface area contributed by atoms with Crippen LogP contribution in [0.1, 0.15) is 28.5 Å². The number of benzene rings is 2. The van der Waals surface area contributed by atoms with Crippen LogP contribution in [0, 0.1) is 20.8 Å². The molecule has 0 saturated heterocycles. The zero-order valence-corrected chi connectivity index (χ0v) is 15.2. The smallest absolute Gasteiger partial charge is 1.00 e. The van der Waals surface area contributed by atoms with Gasteiger partial charge in [0.2, 0.25) is 0 Å². The maximum absolute atomic E-state index is 12.4. The van der Waals surface area contributed by atoms with Crippen LogP contribution in [0.15, 0.2) is 42.5 Å². The standard InChI is InChI=1S/C16H16O2P.Na.H/c1-11-9-12(2)15(13(3)10-11)16(17)19(18)14-7-5-4-6-8-14;;/h4-10H,1-3H3;;/q2*+1;-1. The first-order valence-corrected chi connectivity index (χ1v) is 7.41. The van der Waals surface area contributed by atoms with Gasteiger partial charge in [-0.25, -0.2) is 4.79 Å². The summed E-state index contributed by atoms with van der Waals surface area (Å²) in [4.78, 5) is 12.4. The molecule has 2 rings (SSSR count). The third-order valence-corrected chi connectivity index (χ3v) is 4.43. The number of carbonyl (C=O) groups is 1. The van der Waals surface area contributed by atoms with Crippen LogP contribution in [-0.2, 0) is 4.57 Å². The van der Waals surface area contributed by atoms with Gasteiger partial charge in [0.1, 0.15) is 0 Å². The van der Waals surface area contributed by atoms with E-state index in [9.17, 15) is 9.36 Å². The monoisotopic (exact) mass is 295 g/mol. The van der Waals surface area contributed by atoms with Crippen LogP contribution in [0.5, 0.6) is 0 Å². The summed E-state index contributed by atoms with van der Waals surface area (Å²) in [6.45, 7) is 5.77. The summed E-state index contributed by atoms with van der Waals surface area (Å²) >= 11 is 0. The molecule has 0 saturated carbocycles. The van der Waals surface area contributed by atoms with E-state index < -0.39 is 7.80 Å². The van der Waals surface area contributed by atoms with Crippen LogP contribution in [0.25, 0.3) is 0 Å². The number of carbonyl (C=O) groups excluding carboxylic acids is 1. The predicted molar refractivity (Wildman–Crippen MR) is 79.8 cm³/mol. The van der Waals surface area contributed by atoms with Crippen molar-refractivity contribution in [2.75, 3.05) is 0 Å². The minimum absolute atomic E-state index is 0. The number of hydrogen-bond donors (Lipinski definition) is 0. The molecule has 0 aliphatic carbocycles. The van der Waals surface area contributed by atoms with Crippen molar-refractivity contribution in [3.8, 4) is 0 Å². The molecule has 0 radical (unpaired) electrons. The van der Waals surface area contributed by atoms with Crippen LogP contribution in [0.2, 0.25) is 0 Å². The first-order chi connectivity index (χ1) is 9.00. The van der Waals surface area contributed by atoms with Gasteiger partial charge >= 0.3 is 42.9 Å². The van der Waals surface area contributed by atoms with E-state index in [1.807, 2.05) is 39.0 Å². The van der Waals surface area contributed by atoms with Crippen molar-refractivity contribution in [3.63, 3.8) is 0 Å². The second-order valence-corrected chi connectivity index (χ2v) is 6.22. The zero-order valence-electron chi connectivity index (χ0n) is 13.3. The number of rotatable bonds is 3. The quantitative estimate of drug-likeness (QED) is 0.626. The molecule has 2 aromatic rings. The molecule has 0 fully saturated rings. The molecule has 0 amide bonds. The molecule has 0 aliphatic heterocycles. The Labute approximate surface area is 144 Å². The SMILES string of the molecule is Cc1cc(C)c(C(=O)[P+](=O)c2ccccc2)c(C)c1.[H-].[Na+]. The average molecular weight is 295 g/mol. The van der Waals surface area contributed by atoms with E-state index in [-0.39, 0.29) is 36.5 Å². The average Bonchev–Trinajstić information content (AvgIpc) is 2.37. The van der Waals surface area contributed by atoms with Gasteiger partial charge in [-0.3, -0.25) is 0 Å². The Morgan fingerprint density at radius 1 is 1.00 bits per heavy atom. The second kappa shape index (κ2) is 7.28. The molecular weight excluding hydrogens is 278 g/mol. The normalized spacial score (nSPS) is 10.7. The van der Waals surface area contributed by atoms with Crippen LogP contribution in [-0.4, -0.2) is 5.52 Å². The van der Waals surface area contributed by atoms with Gasteiger partial charge in [-0.1, -0.05) is 40.5 Å². The van der Waals surface area contributed by atoms with Gasteiger partial charge < -0.3 is 1.43 Å². The van der Waals surface area contributed by atoms with Crippen LogP contribution in [0.3, 0.4) is 0 Å². The third kappa shape index (κ3) is 3.65. The third-order valence-electron chi connectivity index (χ3n) is 3.07. The summed E-state index contributed by atoms with van der Waals surface area (Å²) in [5.41, 5.74) is 3.21. The van der Waals surface area contributed by atoms with Gasteiger partial charge in [0, 0.05) is 0 Å². The summed E-state index contributed by atoms with van der Waals surface area (Å²) < 4.78 is 12.3. The van der Waals surface area contributed by atoms with E-state index in [4.69, 9.17) is 0 Å². The van der Waals surface area contributed by atoms with Crippen molar-refractivity contribution in [1.29, 1.82) is 0 Å². The van der Waals surface area contributed by atoms with Crippen molar-refractivity contribution in [3.05, 3.63) is 64.7 Å². The first-order valence-electron chi connectivity index (χ1n) is 6.15. The first kappa shape index (κ1) is 17.3. The summed E-state index contributed by atoms with van der Waals surface area (Å²) in [5.74, 6) is 0. The van der Waals surface area contributed by atoms with Crippen molar-refractivity contribution < 1.29 is 40.3 Å². The molecular formula is C16H17NaO2P+. The van der Waals surface area contributed by atoms with Gasteiger partial charge in [-0.05, 0) is 44.0 Å². The Kier molecular flexibility index (Phi) is 6.29. The van der Waals surface area contributed by atoms with Gasteiger partial charge in [-0.2, -0.15) is 0 Å². The molecule has 20 heavy (non-hydrogen) atoms. The fraction of sp³-hybridized carbons (Fsp3) is 0.188. The fourth-order valence-electron chi connectivity index (χ4n) is 2.30. The molecule has 0 bridgehead atoms. The Morgan fingerprint density at radius 3 is 2.00 bits per heavy atom. The summed E-state index contributed by atoms with van der Waals surface area (Å²) in [6, 6.07) is 12.8. The Balaban J connectivity index is 0.00000200. The maximum atomic E-state index is 12.4. The fourth-order valence-corrected chi connectivity index (χ4v) is 3.53. The largest absolute Gasteiger partial charge is 1.00 e. The Hall–Kier alpha value is -0.790. The second-order valence-electron chi connectivity index (χ2n) is 4.71. The molecule has 0 aromatic heterocycles. The minimum Gasteiger partial charge on any atom is -1.00 e. The molecule has 98 valence electrons. The van der Waals surface area contributed by atoms with E-state index >= 15 is 0 Å². The molecule has 2 nitrogen and oxygen atoms in total. The minimum atomic E-state index is -2.04. The van der Waals surface area contributed by atoms with Crippen molar-refractivity contribution in [2.45, 2.75) is 20.8 Å². The Bertz CT molecular complexity index is 634. The van der Waals surface area contributed by atoms with Crippen LogP contribution in [0.4, 0.5) is 0 Å². The zero-order chi connectivity index (χ0) is 14.0. The van der Waals surface area contributed by atoms with Gasteiger partial charge in [0.25, 0.3) is 0 Å². The van der Waals surface area contributed by atoms with Gasteiger partial charge in [0.05, 0.1) is 5.56 Å². The van der Waals surface area contributed by atoms with Gasteiger partial charge in [0.15, 0.2) is 5.30 Å². The summed E-state index contributed by atoms with van der Waals surface area (Å²) in [5, 5.41) is 0.585. The van der Waals surface area contributed by atoms with Crippen LogP contribution >= 0.6 is 7.80 Å². The number of hydrogen-bond acceptors (Lipinski definition) is 2. The van der Waals surface area contributed by atoms with E-state index in [1.165, 1.54) is 0 Å². The van der Waals surface area contributed by atoms with Crippen LogP contribution < -0.4 is 34.9 Å². The molecule has 1 unspecified atom stereocenters. The molecule has 2 aromatic carbocycles. The van der Waals surface area contributed by atoms with Gasteiger partial charge in [-0.15, -0.1) is 0 Å². The molecule has 1 atom stereocenters. The maximum Gasteiger partial charge on any atom is 1.00 e. The van der Waals surface area contributed by atoms with Crippen molar-refractivity contribution in [2.24, 2.45) is 0 Å². The predicted octanol–water partition coefficient (Wildman–Crippen LogP) is 1.02. The van der Waals surface area contributed by atoms with E-state index in [2.05, 4.69) is 0 Å². The van der Waals surface area contributed by atoms with E-state index in [0.29, 0.717) is 10.9 Å². The summed E-state index contributed by atoms with van der Waals surface area (Å²) in [7, 11) is -2.04. The molecule has 4 heteroatoms. The molecule has 0 spiro atoms. The summed E-state index contributed by atoms with van der Waals surface area (Å²) in [6.07, 6.45) is 0. The topological polar surface area (TPSA) is 34.1 Å². The van der Waals surface area contributed by atoms with E-state index in [1.54, 1.807) is 24.3 Å².